The van der Waals surface area contributed by atoms with E-state index in [-0.39, 0.29) is 0 Å². The van der Waals surface area contributed by atoms with Gasteiger partial charge in [-0.25, -0.2) is 0 Å². The van der Waals surface area contributed by atoms with Crippen LogP contribution in [0.5, 0.6) is 0 Å². The fraction of sp³-hybridized carbons (Fsp3) is 0.478. The van der Waals surface area contributed by atoms with Crippen molar-refractivity contribution in [3.63, 3.8) is 0 Å². The van der Waals surface area contributed by atoms with Gasteiger partial charge in [0.2, 0.25) is 0 Å². The third-order valence-electron chi connectivity index (χ3n) is 3.34. The molecule has 6 heteroatoms. The van der Waals surface area contributed by atoms with Gasteiger partial charge in [0.25, 0.3) is 0 Å². The van der Waals surface area contributed by atoms with Crippen LogP contribution in [0.4, 0.5) is 0 Å². The summed E-state index contributed by atoms with van der Waals surface area (Å²) in [6.45, 7) is 6.60. The van der Waals surface area contributed by atoms with E-state index in [2.05, 4.69) is 107 Å². The Hall–Kier alpha value is 0.540. The molecule has 2 rings (SSSR count). The van der Waals surface area contributed by atoms with Gasteiger partial charge in [-0.2, -0.15) is 61.4 Å². The van der Waals surface area contributed by atoms with Crippen LogP contribution in [0, 0.1) is 0 Å². The number of rotatable bonds is 10. The summed E-state index contributed by atoms with van der Waals surface area (Å²) in [5.41, 5.74) is 0. The average molecular weight is 505 g/mol. The van der Waals surface area contributed by atoms with Crippen molar-refractivity contribution in [2.45, 2.75) is 47.5 Å². The maximum absolute atomic E-state index is 4.17. The molecule has 0 bridgehead atoms. The van der Waals surface area contributed by atoms with Crippen molar-refractivity contribution < 1.29 is 0 Å². The summed E-state index contributed by atoms with van der Waals surface area (Å²) >= 11 is 18.1. The Labute approximate surface area is 208 Å². The second-order valence-corrected chi connectivity index (χ2v) is 11.6. The van der Waals surface area contributed by atoms with Crippen molar-refractivity contribution in [1.29, 1.82) is 0 Å². The smallest absolute Gasteiger partial charge is 0.0122 e. The first-order valence-electron chi connectivity index (χ1n) is 9.91. The van der Waals surface area contributed by atoms with Crippen molar-refractivity contribution >= 4 is 73.2 Å². The lowest BCUT2D eigenvalue weighted by Gasteiger charge is -2.04. The van der Waals surface area contributed by atoms with E-state index in [0.717, 1.165) is 28.3 Å². The van der Waals surface area contributed by atoms with Gasteiger partial charge in [-0.3, -0.25) is 0 Å². The summed E-state index contributed by atoms with van der Waals surface area (Å²) in [6.07, 6.45) is 1.28. The molecule has 2 atom stereocenters. The maximum atomic E-state index is 4.17. The number of hydrogen-bond donors (Lipinski definition) is 3. The summed E-state index contributed by atoms with van der Waals surface area (Å²) in [4.78, 5) is 2.57. The van der Waals surface area contributed by atoms with Crippen molar-refractivity contribution in [3.05, 3.63) is 60.7 Å². The Kier molecular flexibility index (Phi) is 22.2. The standard InChI is InChI=1S/C12H10S.C6H14S2.C5H12S3/c1-3-7-11(8-4-1)13-12-9-5-2-6-10-12;1-3-4-8-6(2)5-7;1-5(4-7)8-3-2-6/h1-10H;6-7H,3-5H2,1-2H3;5-7H,2-4H2,1H3. The molecule has 0 fully saturated rings. The van der Waals surface area contributed by atoms with Gasteiger partial charge in [-0.15, -0.1) is 0 Å². The first-order chi connectivity index (χ1) is 14.1. The lowest BCUT2D eigenvalue weighted by atomic mass is 10.4. The largest absolute Gasteiger partial charge is 0.179 e. The van der Waals surface area contributed by atoms with Crippen LogP contribution < -0.4 is 0 Å². The summed E-state index contributed by atoms with van der Waals surface area (Å²) in [5, 5.41) is 1.42. The zero-order valence-electron chi connectivity index (χ0n) is 17.7. The van der Waals surface area contributed by atoms with Gasteiger partial charge in [0.05, 0.1) is 0 Å². The zero-order valence-corrected chi connectivity index (χ0v) is 22.9. The highest BCUT2D eigenvalue weighted by Crippen LogP contribution is 2.26. The lowest BCUT2D eigenvalue weighted by molar-refractivity contribution is 1.07. The zero-order chi connectivity index (χ0) is 21.7. The lowest BCUT2D eigenvalue weighted by Crippen LogP contribution is -1.98. The molecule has 2 aromatic rings. The minimum atomic E-state index is 0.686. The van der Waals surface area contributed by atoms with Crippen LogP contribution >= 0.6 is 73.2 Å². The molecule has 0 amide bonds. The Morgan fingerprint density at radius 3 is 1.45 bits per heavy atom. The second kappa shape index (κ2) is 21.8. The molecular weight excluding hydrogens is 469 g/mol. The fourth-order valence-electron chi connectivity index (χ4n) is 1.79. The minimum Gasteiger partial charge on any atom is -0.179 e. The van der Waals surface area contributed by atoms with Gasteiger partial charge in [-0.1, -0.05) is 68.9 Å². The number of thioether (sulfide) groups is 2. The molecule has 0 N–H and O–H groups in total. The predicted octanol–water partition coefficient (Wildman–Crippen LogP) is 8.25. The highest BCUT2D eigenvalue weighted by Gasteiger charge is 1.96. The third kappa shape index (κ3) is 19.0. The van der Waals surface area contributed by atoms with Crippen LogP contribution in [0.1, 0.15) is 27.2 Å². The van der Waals surface area contributed by atoms with Crippen LogP contribution in [0.3, 0.4) is 0 Å². The fourth-order valence-corrected chi connectivity index (χ4v) is 4.96. The molecule has 0 aromatic heterocycles. The Morgan fingerprint density at radius 1 is 0.690 bits per heavy atom. The second-order valence-electron chi connectivity index (χ2n) is 6.18. The first-order valence-corrected chi connectivity index (χ1v) is 14.7. The van der Waals surface area contributed by atoms with Crippen molar-refractivity contribution in [3.8, 4) is 0 Å². The van der Waals surface area contributed by atoms with Crippen LogP contribution in [-0.2, 0) is 0 Å². The molecule has 0 saturated carbocycles. The predicted molar refractivity (Wildman–Crippen MR) is 153 cm³/mol. The molecule has 2 aromatic carbocycles. The van der Waals surface area contributed by atoms with Crippen LogP contribution in [0.2, 0.25) is 0 Å². The molecule has 2 unspecified atom stereocenters. The topological polar surface area (TPSA) is 0 Å². The highest BCUT2D eigenvalue weighted by atomic mass is 32.2. The summed E-state index contributed by atoms with van der Waals surface area (Å²) < 4.78 is 0. The number of thiol groups is 3. The molecule has 0 heterocycles. The van der Waals surface area contributed by atoms with E-state index >= 15 is 0 Å². The third-order valence-corrected chi connectivity index (χ3v) is 9.02. The Morgan fingerprint density at radius 2 is 1.10 bits per heavy atom. The number of benzene rings is 2. The molecule has 0 radical (unpaired) electrons. The monoisotopic (exact) mass is 504 g/mol. The molecular formula is C23H36S6. The van der Waals surface area contributed by atoms with Gasteiger partial charge in [0, 0.05) is 37.5 Å². The molecule has 0 saturated heterocycles. The van der Waals surface area contributed by atoms with Gasteiger partial charge in [0.1, 0.15) is 0 Å². The van der Waals surface area contributed by atoms with Crippen LogP contribution in [0.15, 0.2) is 70.5 Å². The van der Waals surface area contributed by atoms with Crippen LogP contribution in [-0.4, -0.2) is 39.3 Å². The van der Waals surface area contributed by atoms with E-state index < -0.39 is 0 Å². The van der Waals surface area contributed by atoms with E-state index in [1.54, 1.807) is 11.8 Å². The van der Waals surface area contributed by atoms with Gasteiger partial charge in [0.15, 0.2) is 0 Å². The summed E-state index contributed by atoms with van der Waals surface area (Å²) in [7, 11) is 0. The van der Waals surface area contributed by atoms with Gasteiger partial charge in [-0.05, 0) is 42.2 Å². The van der Waals surface area contributed by atoms with Crippen LogP contribution in [0.25, 0.3) is 0 Å². The van der Waals surface area contributed by atoms with E-state index in [1.807, 2.05) is 35.7 Å². The number of hydrogen-bond acceptors (Lipinski definition) is 6. The molecule has 0 aliphatic rings. The van der Waals surface area contributed by atoms with Crippen molar-refractivity contribution in [2.75, 3.05) is 28.8 Å². The minimum absolute atomic E-state index is 0.686. The van der Waals surface area contributed by atoms with E-state index in [1.165, 1.54) is 22.0 Å². The highest BCUT2D eigenvalue weighted by molar-refractivity contribution is 8.01. The van der Waals surface area contributed by atoms with Crippen molar-refractivity contribution in [1.82, 2.24) is 0 Å². The Bertz CT molecular complexity index is 513. The van der Waals surface area contributed by atoms with E-state index in [9.17, 15) is 0 Å². The van der Waals surface area contributed by atoms with E-state index in [4.69, 9.17) is 0 Å². The molecule has 0 nitrogen and oxygen atoms in total. The van der Waals surface area contributed by atoms with E-state index in [0.29, 0.717) is 5.25 Å². The average Bonchev–Trinajstić information content (AvgIpc) is 2.78. The molecule has 164 valence electrons. The van der Waals surface area contributed by atoms with Gasteiger partial charge >= 0.3 is 0 Å². The first kappa shape index (κ1) is 29.5. The molecule has 29 heavy (non-hydrogen) atoms. The molecule has 0 spiro atoms. The quantitative estimate of drug-likeness (QED) is 0.279. The molecule has 0 aliphatic carbocycles. The SMILES string of the molecule is CC(CS)SCCS.CCCSC(C)CS.c1ccc(Sc2ccccc2)cc1. The maximum Gasteiger partial charge on any atom is 0.0122 e. The Balaban J connectivity index is 0.000000432. The molecule has 0 aliphatic heterocycles. The normalized spacial score (nSPS) is 12.1. The van der Waals surface area contributed by atoms with Crippen molar-refractivity contribution in [2.24, 2.45) is 0 Å². The summed E-state index contributed by atoms with van der Waals surface area (Å²) in [5.74, 6) is 5.37. The summed E-state index contributed by atoms with van der Waals surface area (Å²) in [6, 6.07) is 20.8. The van der Waals surface area contributed by atoms with Gasteiger partial charge < -0.3 is 0 Å².